The second-order valence-electron chi connectivity index (χ2n) is 8.10. The number of rotatable bonds is 9. The van der Waals surface area contributed by atoms with Gasteiger partial charge in [0.05, 0.1) is 10.6 Å². The van der Waals surface area contributed by atoms with Gasteiger partial charge >= 0.3 is 0 Å². The quantitative estimate of drug-likeness (QED) is 0.428. The number of likely N-dealkylation sites (N-methyl/N-ethyl adjacent to an activating group) is 1. The summed E-state index contributed by atoms with van der Waals surface area (Å²) < 4.78 is 29.2. The number of carbonyl (C=O) groups is 2. The fraction of sp³-hybridized carbons (Fsp3) is 0.231. The van der Waals surface area contributed by atoms with Crippen LogP contribution in [0, 0.1) is 6.92 Å². The Hall–Kier alpha value is -3.17. The maximum atomic E-state index is 13.7. The molecule has 2 amide bonds. The fourth-order valence-corrected chi connectivity index (χ4v) is 5.22. The van der Waals surface area contributed by atoms with E-state index in [0.717, 1.165) is 19.9 Å². The second kappa shape index (κ2) is 11.5. The Morgan fingerprint density at radius 1 is 0.943 bits per heavy atom. The van der Waals surface area contributed by atoms with Gasteiger partial charge in [0.25, 0.3) is 10.0 Å². The first-order valence-corrected chi connectivity index (χ1v) is 13.3. The minimum absolute atomic E-state index is 0.0766. The molecule has 0 spiro atoms. The predicted octanol–water partition coefficient (Wildman–Crippen LogP) is 4.12. The van der Waals surface area contributed by atoms with E-state index in [1.54, 1.807) is 43.3 Å². The van der Waals surface area contributed by atoms with Gasteiger partial charge in [0.2, 0.25) is 11.8 Å². The molecule has 0 bridgehead atoms. The third-order valence-electron chi connectivity index (χ3n) is 5.61. The van der Waals surface area contributed by atoms with E-state index in [1.165, 1.54) is 24.1 Å². The van der Waals surface area contributed by atoms with Crippen molar-refractivity contribution < 1.29 is 18.0 Å². The molecule has 0 radical (unpaired) electrons. The van der Waals surface area contributed by atoms with Crippen molar-refractivity contribution >= 4 is 43.5 Å². The summed E-state index contributed by atoms with van der Waals surface area (Å²) in [5, 5.41) is 2.57. The summed E-state index contributed by atoms with van der Waals surface area (Å²) in [6.07, 6.45) is 0. The van der Waals surface area contributed by atoms with Crippen LogP contribution in [0.1, 0.15) is 18.1 Å². The fourth-order valence-electron chi connectivity index (χ4n) is 3.55. The molecule has 0 heterocycles. The molecule has 184 valence electrons. The van der Waals surface area contributed by atoms with Crippen LogP contribution in [-0.4, -0.2) is 44.8 Å². The molecule has 3 rings (SSSR count). The van der Waals surface area contributed by atoms with Crippen LogP contribution in [-0.2, 0) is 26.2 Å². The average molecular weight is 558 g/mol. The molecule has 0 aromatic heterocycles. The lowest BCUT2D eigenvalue weighted by Crippen LogP contribution is -2.50. The number of hydrogen-bond acceptors (Lipinski definition) is 4. The molecule has 9 heteroatoms. The Morgan fingerprint density at radius 2 is 1.54 bits per heavy atom. The maximum absolute atomic E-state index is 13.7. The summed E-state index contributed by atoms with van der Waals surface area (Å²) in [7, 11) is -2.57. The molecule has 1 N–H and O–H groups in total. The van der Waals surface area contributed by atoms with Crippen molar-refractivity contribution in [2.75, 3.05) is 17.9 Å². The summed E-state index contributed by atoms with van der Waals surface area (Å²) >= 11 is 3.36. The van der Waals surface area contributed by atoms with Gasteiger partial charge in [-0.25, -0.2) is 8.42 Å². The van der Waals surface area contributed by atoms with E-state index in [0.29, 0.717) is 5.69 Å². The number of hydrogen-bond donors (Lipinski definition) is 1. The molecule has 3 aromatic rings. The van der Waals surface area contributed by atoms with Gasteiger partial charge in [0.1, 0.15) is 12.6 Å². The van der Waals surface area contributed by atoms with Crippen LogP contribution in [0.4, 0.5) is 5.69 Å². The Labute approximate surface area is 214 Å². The van der Waals surface area contributed by atoms with E-state index in [4.69, 9.17) is 0 Å². The smallest absolute Gasteiger partial charge is 0.264 e. The van der Waals surface area contributed by atoms with Crippen LogP contribution < -0.4 is 9.62 Å². The van der Waals surface area contributed by atoms with Crippen LogP contribution in [0.2, 0.25) is 0 Å². The molecular weight excluding hydrogens is 530 g/mol. The first kappa shape index (κ1) is 26.4. The third-order valence-corrected chi connectivity index (χ3v) is 7.93. The Morgan fingerprint density at radius 3 is 2.11 bits per heavy atom. The molecule has 35 heavy (non-hydrogen) atoms. The molecule has 0 aliphatic rings. The van der Waals surface area contributed by atoms with E-state index < -0.39 is 28.5 Å². The summed E-state index contributed by atoms with van der Waals surface area (Å²) in [4.78, 5) is 27.5. The number of carbonyl (C=O) groups excluding carboxylic acids is 2. The first-order chi connectivity index (χ1) is 16.6. The molecule has 3 aromatic carbocycles. The molecule has 0 saturated carbocycles. The highest BCUT2D eigenvalue weighted by molar-refractivity contribution is 9.10. The number of halogens is 1. The molecule has 1 atom stereocenters. The van der Waals surface area contributed by atoms with E-state index in [9.17, 15) is 18.0 Å². The number of sulfonamides is 1. The maximum Gasteiger partial charge on any atom is 0.264 e. The van der Waals surface area contributed by atoms with E-state index in [-0.39, 0.29) is 17.3 Å². The van der Waals surface area contributed by atoms with Crippen LogP contribution in [0.25, 0.3) is 0 Å². The minimum atomic E-state index is -4.07. The Bertz CT molecular complexity index is 1260. The Balaban J connectivity index is 2.01. The standard InChI is InChI=1S/C26H28BrN3O4S/c1-19-9-15-24(16-10-19)35(33,34)30(23-13-11-22(27)12-14-23)18-25(31)29(20(2)26(32)28-3)17-21-7-5-4-6-8-21/h4-16,20H,17-18H2,1-3H3,(H,28,32)/t20-/m0/s1. The largest absolute Gasteiger partial charge is 0.357 e. The lowest BCUT2D eigenvalue weighted by Gasteiger charge is -2.31. The molecule has 7 nitrogen and oxygen atoms in total. The normalized spacial score (nSPS) is 12.0. The molecule has 0 fully saturated rings. The number of nitrogens with zero attached hydrogens (tertiary/aromatic N) is 2. The zero-order chi connectivity index (χ0) is 25.6. The number of anilines is 1. The highest BCUT2D eigenvalue weighted by atomic mass is 79.9. The van der Waals surface area contributed by atoms with Crippen LogP contribution >= 0.6 is 15.9 Å². The third kappa shape index (κ3) is 6.49. The summed E-state index contributed by atoms with van der Waals surface area (Å²) in [5.74, 6) is -0.838. The summed E-state index contributed by atoms with van der Waals surface area (Å²) in [5.41, 5.74) is 2.09. The first-order valence-electron chi connectivity index (χ1n) is 11.0. The monoisotopic (exact) mass is 557 g/mol. The van der Waals surface area contributed by atoms with Crippen molar-refractivity contribution in [2.45, 2.75) is 31.3 Å². The van der Waals surface area contributed by atoms with Crippen molar-refractivity contribution in [1.29, 1.82) is 0 Å². The van der Waals surface area contributed by atoms with Crippen LogP contribution in [0.15, 0.2) is 88.2 Å². The van der Waals surface area contributed by atoms with Gasteiger partial charge in [-0.15, -0.1) is 0 Å². The number of amides is 2. The lowest BCUT2D eigenvalue weighted by atomic mass is 10.1. The molecule has 0 saturated heterocycles. The van der Waals surface area contributed by atoms with Crippen molar-refractivity contribution in [3.8, 4) is 0 Å². The van der Waals surface area contributed by atoms with Gasteiger partial charge in [0, 0.05) is 18.1 Å². The van der Waals surface area contributed by atoms with Gasteiger partial charge in [-0.05, 0) is 55.8 Å². The highest BCUT2D eigenvalue weighted by Gasteiger charge is 2.32. The van der Waals surface area contributed by atoms with Gasteiger partial charge in [-0.2, -0.15) is 0 Å². The number of aryl methyl sites for hydroxylation is 1. The van der Waals surface area contributed by atoms with E-state index in [1.807, 2.05) is 37.3 Å². The van der Waals surface area contributed by atoms with Crippen molar-refractivity contribution in [1.82, 2.24) is 10.2 Å². The van der Waals surface area contributed by atoms with Crippen LogP contribution in [0.5, 0.6) is 0 Å². The lowest BCUT2D eigenvalue weighted by molar-refractivity contribution is -0.139. The highest BCUT2D eigenvalue weighted by Crippen LogP contribution is 2.26. The van der Waals surface area contributed by atoms with Crippen LogP contribution in [0.3, 0.4) is 0 Å². The molecular formula is C26H28BrN3O4S. The van der Waals surface area contributed by atoms with Gasteiger partial charge in [-0.3, -0.25) is 13.9 Å². The predicted molar refractivity (Wildman–Crippen MR) is 140 cm³/mol. The topological polar surface area (TPSA) is 86.8 Å². The van der Waals surface area contributed by atoms with Gasteiger partial charge in [-0.1, -0.05) is 64.0 Å². The summed E-state index contributed by atoms with van der Waals surface area (Å²) in [6.45, 7) is 3.19. The zero-order valence-electron chi connectivity index (χ0n) is 19.8. The zero-order valence-corrected chi connectivity index (χ0v) is 22.2. The molecule has 0 aliphatic carbocycles. The van der Waals surface area contributed by atoms with Gasteiger partial charge < -0.3 is 10.2 Å². The van der Waals surface area contributed by atoms with E-state index >= 15 is 0 Å². The van der Waals surface area contributed by atoms with Crippen molar-refractivity contribution in [2.24, 2.45) is 0 Å². The number of nitrogens with one attached hydrogen (secondary N) is 1. The summed E-state index contributed by atoms with van der Waals surface area (Å²) in [6, 6.07) is 21.6. The SMILES string of the molecule is CNC(=O)[C@H](C)N(Cc1ccccc1)C(=O)CN(c1ccc(Br)cc1)S(=O)(=O)c1ccc(C)cc1. The van der Waals surface area contributed by atoms with E-state index in [2.05, 4.69) is 21.2 Å². The molecule has 0 unspecified atom stereocenters. The van der Waals surface area contributed by atoms with Crippen molar-refractivity contribution in [3.05, 3.63) is 94.5 Å². The van der Waals surface area contributed by atoms with Gasteiger partial charge in [0.15, 0.2) is 0 Å². The minimum Gasteiger partial charge on any atom is -0.357 e. The number of benzene rings is 3. The average Bonchev–Trinajstić information content (AvgIpc) is 2.86. The second-order valence-corrected chi connectivity index (χ2v) is 10.9. The Kier molecular flexibility index (Phi) is 8.69. The molecule has 0 aliphatic heterocycles. The van der Waals surface area contributed by atoms with Crippen molar-refractivity contribution in [3.63, 3.8) is 0 Å².